The fourth-order valence-electron chi connectivity index (χ4n) is 3.20. The molecule has 0 aliphatic carbocycles. The van der Waals surface area contributed by atoms with Crippen LogP contribution in [-0.4, -0.2) is 40.0 Å². The molecule has 1 aliphatic heterocycles. The summed E-state index contributed by atoms with van der Waals surface area (Å²) in [6.45, 7) is 4.57. The molecular formula is C17H21N5O3. The number of fused-ring (bicyclic) bond motifs is 1. The first-order valence-electron chi connectivity index (χ1n) is 8.19. The van der Waals surface area contributed by atoms with Crippen molar-refractivity contribution in [3.63, 3.8) is 0 Å². The molecule has 2 aromatic rings. The number of hydrogen-bond donors (Lipinski definition) is 0. The van der Waals surface area contributed by atoms with Crippen LogP contribution in [0.2, 0.25) is 0 Å². The van der Waals surface area contributed by atoms with Gasteiger partial charge in [-0.3, -0.25) is 9.36 Å². The van der Waals surface area contributed by atoms with Crippen LogP contribution in [0.15, 0.2) is 30.5 Å². The maximum Gasteiger partial charge on any atom is 0.381 e. The lowest BCUT2D eigenvalue weighted by Crippen LogP contribution is -2.40. The summed E-state index contributed by atoms with van der Waals surface area (Å²) in [5, 5.41) is 10.9. The van der Waals surface area contributed by atoms with E-state index in [0.29, 0.717) is 5.82 Å². The van der Waals surface area contributed by atoms with E-state index in [9.17, 15) is 14.9 Å². The van der Waals surface area contributed by atoms with Gasteiger partial charge in [0, 0.05) is 26.6 Å². The smallest absolute Gasteiger partial charge is 0.373 e. The molecule has 0 spiro atoms. The molecule has 132 valence electrons. The Morgan fingerprint density at radius 1 is 1.36 bits per heavy atom. The summed E-state index contributed by atoms with van der Waals surface area (Å²) in [6.07, 6.45) is 2.16. The van der Waals surface area contributed by atoms with Gasteiger partial charge in [0.1, 0.15) is 12.7 Å². The molecule has 25 heavy (non-hydrogen) atoms. The SMILES string of the molecule is Cc1nc([N+](=O)[O-])cn1CC(=O)N1c2ccccc2N(C)CC[C@H]1C. The third-order valence-corrected chi connectivity index (χ3v) is 4.60. The van der Waals surface area contributed by atoms with Gasteiger partial charge in [-0.05, 0) is 35.4 Å². The molecule has 1 aromatic carbocycles. The van der Waals surface area contributed by atoms with Gasteiger partial charge in [0.15, 0.2) is 0 Å². The standard InChI is InChI=1S/C17H21N5O3/c1-12-8-9-19(3)14-6-4-5-7-15(14)21(12)17(23)11-20-10-16(22(24)25)18-13(20)2/h4-7,10,12H,8-9,11H2,1-3H3/t12-/m1/s1. The van der Waals surface area contributed by atoms with E-state index in [0.717, 1.165) is 24.3 Å². The van der Waals surface area contributed by atoms with Crippen LogP contribution in [0.3, 0.4) is 0 Å². The summed E-state index contributed by atoms with van der Waals surface area (Å²) >= 11 is 0. The molecule has 2 heterocycles. The number of rotatable bonds is 3. The molecule has 0 N–H and O–H groups in total. The van der Waals surface area contributed by atoms with Crippen molar-refractivity contribution in [3.8, 4) is 0 Å². The fraction of sp³-hybridized carbons (Fsp3) is 0.412. The summed E-state index contributed by atoms with van der Waals surface area (Å²) in [5.41, 5.74) is 1.88. The van der Waals surface area contributed by atoms with E-state index in [2.05, 4.69) is 9.88 Å². The van der Waals surface area contributed by atoms with Gasteiger partial charge >= 0.3 is 5.82 Å². The van der Waals surface area contributed by atoms with Gasteiger partial charge in [0.25, 0.3) is 0 Å². The van der Waals surface area contributed by atoms with Crippen LogP contribution >= 0.6 is 0 Å². The topological polar surface area (TPSA) is 84.5 Å². The largest absolute Gasteiger partial charge is 0.381 e. The number of hydrogen-bond acceptors (Lipinski definition) is 5. The van der Waals surface area contributed by atoms with Gasteiger partial charge in [-0.2, -0.15) is 0 Å². The number of aryl methyl sites for hydroxylation is 1. The molecule has 0 fully saturated rings. The molecule has 1 amide bonds. The Labute approximate surface area is 145 Å². The molecule has 0 radical (unpaired) electrons. The van der Waals surface area contributed by atoms with E-state index in [-0.39, 0.29) is 24.3 Å². The molecule has 1 aliphatic rings. The lowest BCUT2D eigenvalue weighted by molar-refractivity contribution is -0.389. The minimum absolute atomic E-state index is 0.0229. The lowest BCUT2D eigenvalue weighted by atomic mass is 10.1. The predicted octanol–water partition coefficient (Wildman–Crippen LogP) is 2.36. The summed E-state index contributed by atoms with van der Waals surface area (Å²) in [5.74, 6) is 0.105. The monoisotopic (exact) mass is 343 g/mol. The van der Waals surface area contributed by atoms with E-state index in [4.69, 9.17) is 0 Å². The van der Waals surface area contributed by atoms with Crippen molar-refractivity contribution in [1.82, 2.24) is 9.55 Å². The highest BCUT2D eigenvalue weighted by atomic mass is 16.6. The Morgan fingerprint density at radius 2 is 2.04 bits per heavy atom. The van der Waals surface area contributed by atoms with Gasteiger partial charge < -0.3 is 19.9 Å². The van der Waals surface area contributed by atoms with Crippen molar-refractivity contribution in [3.05, 3.63) is 46.4 Å². The van der Waals surface area contributed by atoms with Crippen molar-refractivity contribution in [2.24, 2.45) is 0 Å². The zero-order valence-corrected chi connectivity index (χ0v) is 14.5. The zero-order valence-electron chi connectivity index (χ0n) is 14.5. The van der Waals surface area contributed by atoms with Crippen molar-refractivity contribution in [2.45, 2.75) is 32.9 Å². The molecule has 0 unspecified atom stereocenters. The van der Waals surface area contributed by atoms with Crippen molar-refractivity contribution in [1.29, 1.82) is 0 Å². The highest BCUT2D eigenvalue weighted by molar-refractivity contribution is 5.97. The number of carbonyl (C=O) groups excluding carboxylic acids is 1. The van der Waals surface area contributed by atoms with Crippen LogP contribution in [0.5, 0.6) is 0 Å². The fourth-order valence-corrected chi connectivity index (χ4v) is 3.20. The Hall–Kier alpha value is -2.90. The van der Waals surface area contributed by atoms with E-state index >= 15 is 0 Å². The van der Waals surface area contributed by atoms with Crippen molar-refractivity contribution < 1.29 is 9.72 Å². The zero-order chi connectivity index (χ0) is 18.1. The van der Waals surface area contributed by atoms with Crippen LogP contribution in [-0.2, 0) is 11.3 Å². The Kier molecular flexibility index (Phi) is 4.43. The number of nitro groups is 1. The maximum absolute atomic E-state index is 13.0. The number of nitrogens with zero attached hydrogens (tertiary/aromatic N) is 5. The van der Waals surface area contributed by atoms with Crippen molar-refractivity contribution >= 4 is 23.1 Å². The average molecular weight is 343 g/mol. The van der Waals surface area contributed by atoms with Crippen LogP contribution in [0.4, 0.5) is 17.2 Å². The highest BCUT2D eigenvalue weighted by Crippen LogP contribution is 2.33. The predicted molar refractivity (Wildman–Crippen MR) is 94.9 cm³/mol. The molecular weight excluding hydrogens is 322 g/mol. The van der Waals surface area contributed by atoms with Gasteiger partial charge in [0.2, 0.25) is 11.7 Å². The average Bonchev–Trinajstić information content (AvgIpc) is 2.88. The molecule has 8 heteroatoms. The van der Waals surface area contributed by atoms with Gasteiger partial charge in [0.05, 0.1) is 11.4 Å². The van der Waals surface area contributed by atoms with E-state index in [1.165, 1.54) is 10.8 Å². The second-order valence-corrected chi connectivity index (χ2v) is 6.34. The molecule has 8 nitrogen and oxygen atoms in total. The van der Waals surface area contributed by atoms with Crippen molar-refractivity contribution in [2.75, 3.05) is 23.4 Å². The van der Waals surface area contributed by atoms with Crippen LogP contribution in [0.1, 0.15) is 19.2 Å². The Morgan fingerprint density at radius 3 is 2.68 bits per heavy atom. The van der Waals surface area contributed by atoms with Gasteiger partial charge in [-0.1, -0.05) is 12.1 Å². The molecule has 3 rings (SSSR count). The number of carbonyl (C=O) groups is 1. The third kappa shape index (κ3) is 3.19. The first kappa shape index (κ1) is 16.9. The summed E-state index contributed by atoms with van der Waals surface area (Å²) in [4.78, 5) is 31.2. The van der Waals surface area contributed by atoms with Crippen LogP contribution in [0, 0.1) is 17.0 Å². The second-order valence-electron chi connectivity index (χ2n) is 6.34. The van der Waals surface area contributed by atoms with E-state index in [1.54, 1.807) is 11.8 Å². The first-order valence-corrected chi connectivity index (χ1v) is 8.19. The number of aromatic nitrogens is 2. The minimum Gasteiger partial charge on any atom is -0.373 e. The summed E-state index contributed by atoms with van der Waals surface area (Å²) in [7, 11) is 2.02. The molecule has 0 saturated carbocycles. The molecule has 0 bridgehead atoms. The van der Waals surface area contributed by atoms with E-state index in [1.807, 2.05) is 38.2 Å². The van der Waals surface area contributed by atoms with Crippen LogP contribution < -0.4 is 9.80 Å². The summed E-state index contributed by atoms with van der Waals surface area (Å²) in [6, 6.07) is 7.85. The maximum atomic E-state index is 13.0. The first-order chi connectivity index (χ1) is 11.9. The lowest BCUT2D eigenvalue weighted by Gasteiger charge is -2.28. The Balaban J connectivity index is 1.93. The molecule has 1 aromatic heterocycles. The number of imidazole rings is 1. The number of benzene rings is 1. The van der Waals surface area contributed by atoms with E-state index < -0.39 is 4.92 Å². The minimum atomic E-state index is -0.549. The number of amides is 1. The third-order valence-electron chi connectivity index (χ3n) is 4.60. The quantitative estimate of drug-likeness (QED) is 0.631. The molecule has 1 atom stereocenters. The van der Waals surface area contributed by atoms with Crippen LogP contribution in [0.25, 0.3) is 0 Å². The number of para-hydroxylation sites is 2. The normalized spacial score (nSPS) is 17.2. The highest BCUT2D eigenvalue weighted by Gasteiger charge is 2.29. The second kappa shape index (κ2) is 6.54. The number of anilines is 2. The van der Waals surface area contributed by atoms with Gasteiger partial charge in [-0.25, -0.2) is 0 Å². The molecule has 0 saturated heterocycles. The van der Waals surface area contributed by atoms with Gasteiger partial charge in [-0.15, -0.1) is 0 Å². The Bertz CT molecular complexity index is 816. The summed E-state index contributed by atoms with van der Waals surface area (Å²) < 4.78 is 1.53.